The minimum absolute atomic E-state index is 0.0991. The van der Waals surface area contributed by atoms with Gasteiger partial charge in [0.05, 0.1) is 42.4 Å². The monoisotopic (exact) mass is 482 g/mol. The van der Waals surface area contributed by atoms with Crippen LogP contribution in [0.5, 0.6) is 5.75 Å². The number of nitrogens with one attached hydrogen (secondary N) is 1. The number of aliphatic hydroxyl groups is 3. The number of benzene rings is 1. The van der Waals surface area contributed by atoms with Crippen molar-refractivity contribution in [2.75, 3.05) is 56.2 Å². The van der Waals surface area contributed by atoms with E-state index in [2.05, 4.69) is 25.2 Å². The summed E-state index contributed by atoms with van der Waals surface area (Å²) >= 11 is 0. The topological polar surface area (TPSA) is 136 Å². The normalized spacial score (nSPS) is 20.7. The van der Waals surface area contributed by atoms with Crippen molar-refractivity contribution in [3.05, 3.63) is 47.9 Å². The molecule has 1 fully saturated rings. The van der Waals surface area contributed by atoms with E-state index in [1.807, 2.05) is 12.1 Å². The number of piperazine rings is 1. The molecule has 11 heteroatoms. The number of ether oxygens (including phenoxy) is 1. The number of aromatic nitrogens is 3. The highest BCUT2D eigenvalue weighted by Crippen LogP contribution is 2.39. The Balaban J connectivity index is 1.45. The van der Waals surface area contributed by atoms with E-state index in [1.165, 1.54) is 6.20 Å². The first-order valence-electron chi connectivity index (χ1n) is 11.7. The van der Waals surface area contributed by atoms with Crippen molar-refractivity contribution in [2.24, 2.45) is 0 Å². The molecule has 0 spiro atoms. The van der Waals surface area contributed by atoms with Gasteiger partial charge in [-0.3, -0.25) is 9.69 Å². The first-order valence-corrected chi connectivity index (χ1v) is 11.7. The Morgan fingerprint density at radius 2 is 2.00 bits per heavy atom. The maximum atomic E-state index is 13.3. The minimum Gasteiger partial charge on any atom is -0.490 e. The van der Waals surface area contributed by atoms with Crippen LogP contribution in [0.2, 0.25) is 0 Å². The number of aliphatic hydroxyl groups excluding tert-OH is 2. The molecule has 4 N–H and O–H groups in total. The van der Waals surface area contributed by atoms with E-state index in [0.29, 0.717) is 55.2 Å². The smallest absolute Gasteiger partial charge is 0.261 e. The quantitative estimate of drug-likeness (QED) is 0.387. The molecule has 2 aromatic heterocycles. The summed E-state index contributed by atoms with van der Waals surface area (Å²) in [5, 5.41) is 36.8. The van der Waals surface area contributed by atoms with Crippen LogP contribution in [-0.4, -0.2) is 98.4 Å². The molecule has 2 aliphatic heterocycles. The summed E-state index contributed by atoms with van der Waals surface area (Å²) in [6.07, 6.45) is 5.25. The summed E-state index contributed by atoms with van der Waals surface area (Å²) in [6, 6.07) is 5.24. The molecule has 0 bridgehead atoms. The summed E-state index contributed by atoms with van der Waals surface area (Å²) in [7, 11) is 0. The van der Waals surface area contributed by atoms with Gasteiger partial charge in [-0.15, -0.1) is 0 Å². The van der Waals surface area contributed by atoms with Crippen molar-refractivity contribution < 1.29 is 24.9 Å². The standard InChI is InChI=1S/C24H30N6O5/c1-24(34)11-16-9-19(27-23(33)18-12-26-30-4-2-3-25-22(18)30)20(10-21(16)35-15-24)29-7-5-28(6-8-29)17(13-31)14-32/h2-4,9-10,12,17,31-32,34H,5-8,11,13-15H2,1H3,(H,27,33)/t24-/m1/s1. The molecule has 1 saturated heterocycles. The van der Waals surface area contributed by atoms with Crippen LogP contribution in [0, 0.1) is 0 Å². The molecule has 35 heavy (non-hydrogen) atoms. The van der Waals surface area contributed by atoms with Crippen LogP contribution in [0.3, 0.4) is 0 Å². The molecule has 1 aromatic carbocycles. The number of nitrogens with zero attached hydrogens (tertiary/aromatic N) is 5. The number of anilines is 2. The molecule has 5 rings (SSSR count). The maximum Gasteiger partial charge on any atom is 0.261 e. The van der Waals surface area contributed by atoms with Crippen LogP contribution < -0.4 is 15.0 Å². The van der Waals surface area contributed by atoms with Gasteiger partial charge in [0.25, 0.3) is 5.91 Å². The van der Waals surface area contributed by atoms with Gasteiger partial charge < -0.3 is 30.3 Å². The van der Waals surface area contributed by atoms with Gasteiger partial charge in [-0.05, 0) is 24.6 Å². The largest absolute Gasteiger partial charge is 0.490 e. The summed E-state index contributed by atoms with van der Waals surface area (Å²) in [4.78, 5) is 21.8. The van der Waals surface area contributed by atoms with E-state index in [-0.39, 0.29) is 31.8 Å². The second-order valence-corrected chi connectivity index (χ2v) is 9.38. The fraction of sp³-hybridized carbons (Fsp3) is 0.458. The molecule has 3 aromatic rings. The van der Waals surface area contributed by atoms with E-state index >= 15 is 0 Å². The van der Waals surface area contributed by atoms with Crippen molar-refractivity contribution in [2.45, 2.75) is 25.0 Å². The van der Waals surface area contributed by atoms with E-state index in [9.17, 15) is 20.1 Å². The summed E-state index contributed by atoms with van der Waals surface area (Å²) < 4.78 is 7.41. The van der Waals surface area contributed by atoms with Crippen LogP contribution >= 0.6 is 0 Å². The van der Waals surface area contributed by atoms with Crippen LogP contribution in [-0.2, 0) is 6.42 Å². The average molecular weight is 483 g/mol. The molecule has 0 radical (unpaired) electrons. The maximum absolute atomic E-state index is 13.3. The lowest BCUT2D eigenvalue weighted by Crippen LogP contribution is -2.52. The van der Waals surface area contributed by atoms with Gasteiger partial charge in [-0.25, -0.2) is 9.50 Å². The molecule has 1 amide bonds. The Morgan fingerprint density at radius 3 is 2.74 bits per heavy atom. The van der Waals surface area contributed by atoms with Gasteiger partial charge in [-0.2, -0.15) is 5.10 Å². The Kier molecular flexibility index (Phi) is 6.32. The summed E-state index contributed by atoms with van der Waals surface area (Å²) in [5.41, 5.74) is 2.07. The first-order chi connectivity index (χ1) is 16.9. The number of carbonyl (C=O) groups is 1. The van der Waals surface area contributed by atoms with E-state index in [1.54, 1.807) is 29.9 Å². The number of carbonyl (C=O) groups excluding carboxylic acids is 1. The second-order valence-electron chi connectivity index (χ2n) is 9.38. The predicted molar refractivity (Wildman–Crippen MR) is 129 cm³/mol. The third-order valence-electron chi connectivity index (χ3n) is 6.65. The van der Waals surface area contributed by atoms with Crippen LogP contribution in [0.15, 0.2) is 36.8 Å². The highest BCUT2D eigenvalue weighted by atomic mass is 16.5. The number of rotatable bonds is 6. The van der Waals surface area contributed by atoms with Crippen LogP contribution in [0.25, 0.3) is 5.65 Å². The summed E-state index contributed by atoms with van der Waals surface area (Å²) in [6.45, 7) is 4.33. The van der Waals surface area contributed by atoms with Crippen molar-refractivity contribution in [3.8, 4) is 5.75 Å². The highest BCUT2D eigenvalue weighted by Gasteiger charge is 2.32. The van der Waals surface area contributed by atoms with Gasteiger partial charge in [0, 0.05) is 51.1 Å². The Morgan fingerprint density at radius 1 is 1.23 bits per heavy atom. The van der Waals surface area contributed by atoms with Crippen molar-refractivity contribution >= 4 is 22.9 Å². The van der Waals surface area contributed by atoms with Gasteiger partial charge >= 0.3 is 0 Å². The van der Waals surface area contributed by atoms with E-state index < -0.39 is 5.60 Å². The zero-order chi connectivity index (χ0) is 24.6. The molecular formula is C24H30N6O5. The summed E-state index contributed by atoms with van der Waals surface area (Å²) in [5.74, 6) is 0.357. The lowest BCUT2D eigenvalue weighted by atomic mass is 9.93. The molecule has 11 nitrogen and oxygen atoms in total. The van der Waals surface area contributed by atoms with Crippen LogP contribution in [0.4, 0.5) is 11.4 Å². The van der Waals surface area contributed by atoms with Crippen molar-refractivity contribution in [3.63, 3.8) is 0 Å². The van der Waals surface area contributed by atoms with Gasteiger partial charge in [0.2, 0.25) is 0 Å². The molecule has 0 aliphatic carbocycles. The Hall–Kier alpha value is -3.25. The van der Waals surface area contributed by atoms with Gasteiger partial charge in [0.15, 0.2) is 5.65 Å². The molecule has 0 unspecified atom stereocenters. The lowest BCUT2D eigenvalue weighted by Gasteiger charge is -2.40. The fourth-order valence-electron chi connectivity index (χ4n) is 4.74. The number of amides is 1. The number of hydrogen-bond acceptors (Lipinski definition) is 9. The van der Waals surface area contributed by atoms with E-state index in [0.717, 1.165) is 11.3 Å². The number of hydrogen-bond donors (Lipinski definition) is 4. The zero-order valence-electron chi connectivity index (χ0n) is 19.6. The fourth-order valence-corrected chi connectivity index (χ4v) is 4.74. The minimum atomic E-state index is -0.989. The Labute approximate surface area is 202 Å². The molecule has 0 saturated carbocycles. The van der Waals surface area contributed by atoms with Crippen molar-refractivity contribution in [1.82, 2.24) is 19.5 Å². The van der Waals surface area contributed by atoms with Crippen LogP contribution in [0.1, 0.15) is 22.8 Å². The van der Waals surface area contributed by atoms with Gasteiger partial charge in [0.1, 0.15) is 17.9 Å². The molecule has 186 valence electrons. The average Bonchev–Trinajstić information content (AvgIpc) is 3.29. The second kappa shape index (κ2) is 9.42. The number of fused-ring (bicyclic) bond motifs is 2. The molecule has 4 heterocycles. The lowest BCUT2D eigenvalue weighted by molar-refractivity contribution is -0.000571. The van der Waals surface area contributed by atoms with Gasteiger partial charge in [-0.1, -0.05) is 0 Å². The third kappa shape index (κ3) is 4.67. The first kappa shape index (κ1) is 23.5. The SMILES string of the molecule is C[C@]1(O)COc2cc(N3CCN(C(CO)CO)CC3)c(NC(=O)c3cnn4cccnc34)cc2C1. The van der Waals surface area contributed by atoms with E-state index in [4.69, 9.17) is 4.74 Å². The predicted octanol–water partition coefficient (Wildman–Crippen LogP) is 0.143. The highest BCUT2D eigenvalue weighted by molar-refractivity contribution is 6.09. The third-order valence-corrected chi connectivity index (χ3v) is 6.65. The molecule has 1 atom stereocenters. The van der Waals surface area contributed by atoms with Crippen molar-refractivity contribution in [1.29, 1.82) is 0 Å². The Bertz CT molecular complexity index is 1220. The molecule has 2 aliphatic rings. The molecular weight excluding hydrogens is 452 g/mol. The zero-order valence-corrected chi connectivity index (χ0v) is 19.6.